The second-order valence-electron chi connectivity index (χ2n) is 8.52. The van der Waals surface area contributed by atoms with Gasteiger partial charge in [0.1, 0.15) is 4.90 Å². The maximum atomic E-state index is 15.1. The maximum Gasteiger partial charge on any atom is 0.383 e. The molecule has 0 unspecified atom stereocenters. The predicted octanol–water partition coefficient (Wildman–Crippen LogP) is 7.18. The molecule has 4 nitrogen and oxygen atoms in total. The SMILES string of the molecule is C=Cc1ccc(S(=O)(=O)O/N=C(/c2ccc3c(c2)Cc2ccccc2-3)C(F)(F)C(F)(F)C(F)(F)C(F)F)cc1. The van der Waals surface area contributed by atoms with Gasteiger partial charge in [-0.2, -0.15) is 34.8 Å². The summed E-state index contributed by atoms with van der Waals surface area (Å²) >= 11 is 0. The number of benzene rings is 3. The van der Waals surface area contributed by atoms with Crippen molar-refractivity contribution >= 4 is 21.9 Å². The third-order valence-corrected chi connectivity index (χ3v) is 7.20. The monoisotopic (exact) mass is 575 g/mol. The second kappa shape index (κ2) is 9.78. The van der Waals surface area contributed by atoms with E-state index in [-0.39, 0.29) is 6.42 Å². The molecule has 3 aromatic rings. The molecule has 0 atom stereocenters. The topological polar surface area (TPSA) is 55.7 Å². The van der Waals surface area contributed by atoms with E-state index in [2.05, 4.69) is 16.0 Å². The summed E-state index contributed by atoms with van der Waals surface area (Å²) in [6.07, 6.45) is -3.69. The first-order valence-electron chi connectivity index (χ1n) is 11.0. The van der Waals surface area contributed by atoms with Gasteiger partial charge in [0.15, 0.2) is 5.71 Å². The zero-order valence-electron chi connectivity index (χ0n) is 19.5. The fourth-order valence-electron chi connectivity index (χ4n) is 3.98. The summed E-state index contributed by atoms with van der Waals surface area (Å²) in [5.41, 5.74) is -0.516. The molecular weight excluding hydrogens is 558 g/mol. The van der Waals surface area contributed by atoms with Crippen molar-refractivity contribution in [2.45, 2.75) is 35.5 Å². The van der Waals surface area contributed by atoms with Gasteiger partial charge in [-0.25, -0.2) is 8.78 Å². The van der Waals surface area contributed by atoms with Gasteiger partial charge in [-0.15, -0.1) is 0 Å². The Bertz CT molecular complexity index is 1550. The van der Waals surface area contributed by atoms with Crippen molar-refractivity contribution in [2.24, 2.45) is 5.16 Å². The Balaban J connectivity index is 1.83. The molecule has 206 valence electrons. The summed E-state index contributed by atoms with van der Waals surface area (Å²) in [7, 11) is -5.04. The molecule has 39 heavy (non-hydrogen) atoms. The highest BCUT2D eigenvalue weighted by Crippen LogP contribution is 2.50. The van der Waals surface area contributed by atoms with Crippen LogP contribution in [0.5, 0.6) is 0 Å². The number of oxime groups is 1. The van der Waals surface area contributed by atoms with Gasteiger partial charge in [-0.3, -0.25) is 4.28 Å². The normalized spacial score (nSPS) is 14.2. The van der Waals surface area contributed by atoms with Crippen LogP contribution in [0, 0.1) is 0 Å². The Morgan fingerprint density at radius 3 is 2.13 bits per heavy atom. The second-order valence-corrected chi connectivity index (χ2v) is 10.0. The van der Waals surface area contributed by atoms with Gasteiger partial charge in [0.05, 0.1) is 0 Å². The highest BCUT2D eigenvalue weighted by molar-refractivity contribution is 7.86. The fourth-order valence-corrected chi connectivity index (χ4v) is 4.71. The highest BCUT2D eigenvalue weighted by atomic mass is 32.2. The summed E-state index contributed by atoms with van der Waals surface area (Å²) in [6, 6.07) is 14.2. The average molecular weight is 575 g/mol. The lowest BCUT2D eigenvalue weighted by Gasteiger charge is -2.32. The number of hydrogen-bond acceptors (Lipinski definition) is 4. The number of alkyl halides is 8. The van der Waals surface area contributed by atoms with Crippen molar-refractivity contribution in [3.63, 3.8) is 0 Å². The van der Waals surface area contributed by atoms with Crippen LogP contribution in [0.2, 0.25) is 0 Å². The van der Waals surface area contributed by atoms with Crippen molar-refractivity contribution in [1.82, 2.24) is 0 Å². The summed E-state index contributed by atoms with van der Waals surface area (Å²) in [5.74, 6) is -19.3. The van der Waals surface area contributed by atoms with E-state index in [1.54, 1.807) is 24.3 Å². The molecule has 0 radical (unpaired) electrons. The zero-order valence-corrected chi connectivity index (χ0v) is 20.3. The summed E-state index contributed by atoms with van der Waals surface area (Å²) < 4.78 is 141. The van der Waals surface area contributed by atoms with E-state index in [4.69, 9.17) is 0 Å². The van der Waals surface area contributed by atoms with Crippen molar-refractivity contribution in [2.75, 3.05) is 0 Å². The van der Waals surface area contributed by atoms with Crippen LogP contribution in [0.1, 0.15) is 22.3 Å². The zero-order chi connectivity index (χ0) is 28.8. The maximum absolute atomic E-state index is 15.1. The number of nitrogens with zero attached hydrogens (tertiary/aromatic N) is 1. The quantitative estimate of drug-likeness (QED) is 0.121. The third-order valence-electron chi connectivity index (χ3n) is 6.08. The van der Waals surface area contributed by atoms with Crippen molar-refractivity contribution in [3.8, 4) is 11.1 Å². The Morgan fingerprint density at radius 2 is 1.51 bits per heavy atom. The molecule has 0 amide bonds. The standard InChI is InChI=1S/C26H17F8NO3S/c1-2-15-7-10-19(11-8-15)39(36,37)38-35-22(24(29,30)26(33,34)25(31,32)23(27)28)17-9-12-21-18(14-17)13-16-5-3-4-6-20(16)21/h2-12,14,23H,1,13H2/b35-22-. The van der Waals surface area contributed by atoms with Crippen LogP contribution in [0.15, 0.2) is 83.4 Å². The minimum absolute atomic E-state index is 0.136. The van der Waals surface area contributed by atoms with Gasteiger partial charge in [0, 0.05) is 5.56 Å². The molecule has 0 spiro atoms. The number of fused-ring (bicyclic) bond motifs is 3. The highest BCUT2D eigenvalue weighted by Gasteiger charge is 2.77. The van der Waals surface area contributed by atoms with E-state index < -0.39 is 50.5 Å². The van der Waals surface area contributed by atoms with E-state index >= 15 is 8.78 Å². The first kappa shape index (κ1) is 28.3. The minimum atomic E-state index is -6.70. The lowest BCUT2D eigenvalue weighted by atomic mass is 9.93. The van der Waals surface area contributed by atoms with Gasteiger partial charge >= 0.3 is 34.3 Å². The number of hydrogen-bond donors (Lipinski definition) is 0. The summed E-state index contributed by atoms with van der Waals surface area (Å²) in [6.45, 7) is 3.46. The van der Waals surface area contributed by atoms with Crippen LogP contribution in [0.3, 0.4) is 0 Å². The Hall–Kier alpha value is -3.74. The molecule has 0 saturated heterocycles. The van der Waals surface area contributed by atoms with Crippen LogP contribution in [0.25, 0.3) is 17.2 Å². The lowest BCUT2D eigenvalue weighted by molar-refractivity contribution is -0.319. The molecule has 0 heterocycles. The Kier molecular flexibility index (Phi) is 7.09. The van der Waals surface area contributed by atoms with Crippen LogP contribution < -0.4 is 0 Å². The Labute approximate surface area is 217 Å². The molecular formula is C26H17F8NO3S. The Morgan fingerprint density at radius 1 is 0.897 bits per heavy atom. The molecule has 0 bridgehead atoms. The van der Waals surface area contributed by atoms with Crippen LogP contribution in [-0.4, -0.2) is 38.3 Å². The first-order chi connectivity index (χ1) is 18.1. The van der Waals surface area contributed by atoms with Gasteiger partial charge in [0.2, 0.25) is 0 Å². The predicted molar refractivity (Wildman–Crippen MR) is 127 cm³/mol. The molecule has 0 aliphatic heterocycles. The van der Waals surface area contributed by atoms with Crippen LogP contribution in [0.4, 0.5) is 35.1 Å². The van der Waals surface area contributed by atoms with Crippen LogP contribution >= 0.6 is 0 Å². The van der Waals surface area contributed by atoms with Gasteiger partial charge in [-0.1, -0.05) is 66.3 Å². The minimum Gasteiger partial charge on any atom is -0.264 e. The smallest absolute Gasteiger partial charge is 0.264 e. The van der Waals surface area contributed by atoms with E-state index in [9.17, 15) is 34.8 Å². The molecule has 13 heteroatoms. The molecule has 0 fully saturated rings. The molecule has 0 saturated carbocycles. The number of rotatable bonds is 9. The van der Waals surface area contributed by atoms with E-state index in [1.807, 2.05) is 0 Å². The van der Waals surface area contributed by atoms with E-state index in [0.717, 1.165) is 29.8 Å². The lowest BCUT2D eigenvalue weighted by Crippen LogP contribution is -2.60. The summed E-state index contributed by atoms with van der Waals surface area (Å²) in [5, 5.41) is 2.67. The van der Waals surface area contributed by atoms with Gasteiger partial charge in [-0.05, 0) is 52.4 Å². The average Bonchev–Trinajstić information content (AvgIpc) is 3.26. The van der Waals surface area contributed by atoms with Gasteiger partial charge in [0.25, 0.3) is 0 Å². The molecule has 3 aromatic carbocycles. The molecule has 4 rings (SSSR count). The molecule has 0 aromatic heterocycles. The van der Waals surface area contributed by atoms with E-state index in [1.165, 1.54) is 24.3 Å². The van der Waals surface area contributed by atoms with E-state index in [0.29, 0.717) is 22.3 Å². The fraction of sp³-hybridized carbons (Fsp3) is 0.192. The van der Waals surface area contributed by atoms with Crippen molar-refractivity contribution in [3.05, 3.63) is 95.6 Å². The third kappa shape index (κ3) is 4.79. The molecule has 0 N–H and O–H groups in total. The van der Waals surface area contributed by atoms with Gasteiger partial charge < -0.3 is 0 Å². The largest absolute Gasteiger partial charge is 0.383 e. The van der Waals surface area contributed by atoms with Crippen LogP contribution in [-0.2, 0) is 20.8 Å². The van der Waals surface area contributed by atoms with Crippen molar-refractivity contribution < 1.29 is 47.8 Å². The molecule has 1 aliphatic carbocycles. The first-order valence-corrected chi connectivity index (χ1v) is 12.4. The number of halogens is 8. The molecule has 1 aliphatic rings. The summed E-state index contributed by atoms with van der Waals surface area (Å²) in [4.78, 5) is -0.645. The van der Waals surface area contributed by atoms with Crippen molar-refractivity contribution in [1.29, 1.82) is 0 Å².